The Kier molecular flexibility index (Phi) is 4.16. The Hall–Kier alpha value is -2.22. The summed E-state index contributed by atoms with van der Waals surface area (Å²) in [5.74, 6) is 0.354. The molecule has 1 fully saturated rings. The molecule has 130 valence electrons. The lowest BCUT2D eigenvalue weighted by molar-refractivity contribution is -0.157. The first kappa shape index (κ1) is 16.6. The fourth-order valence-electron chi connectivity index (χ4n) is 2.81. The van der Waals surface area contributed by atoms with Gasteiger partial charge in [0.05, 0.1) is 17.8 Å². The summed E-state index contributed by atoms with van der Waals surface area (Å²) in [6, 6.07) is 0. The average Bonchev–Trinajstić information content (AvgIpc) is 3.08. The zero-order valence-electron chi connectivity index (χ0n) is 14.4. The summed E-state index contributed by atoms with van der Waals surface area (Å²) in [5, 5.41) is 0. The molecular weight excluding hydrogens is 310 g/mol. The van der Waals surface area contributed by atoms with E-state index >= 15 is 0 Å². The van der Waals surface area contributed by atoms with Crippen molar-refractivity contribution in [2.24, 2.45) is 11.3 Å². The van der Waals surface area contributed by atoms with Crippen molar-refractivity contribution < 1.29 is 14.3 Å². The molecule has 0 aliphatic carbocycles. The molecule has 1 aliphatic rings. The van der Waals surface area contributed by atoms with E-state index in [1.807, 2.05) is 25.3 Å². The van der Waals surface area contributed by atoms with Crippen molar-refractivity contribution in [2.75, 3.05) is 12.3 Å². The zero-order valence-corrected chi connectivity index (χ0v) is 14.4. The highest BCUT2D eigenvalue weighted by molar-refractivity contribution is 5.81. The molecule has 0 amide bonds. The molecule has 1 saturated heterocycles. The molecule has 0 saturated carbocycles. The van der Waals surface area contributed by atoms with Gasteiger partial charge in [0, 0.05) is 5.92 Å². The van der Waals surface area contributed by atoms with Gasteiger partial charge in [-0.1, -0.05) is 6.92 Å². The summed E-state index contributed by atoms with van der Waals surface area (Å²) in [4.78, 5) is 24.4. The quantitative estimate of drug-likeness (QED) is 0.855. The lowest BCUT2D eigenvalue weighted by Crippen LogP contribution is -2.27. The van der Waals surface area contributed by atoms with Gasteiger partial charge in [-0.3, -0.25) is 9.36 Å². The average molecular weight is 333 g/mol. The van der Waals surface area contributed by atoms with Gasteiger partial charge >= 0.3 is 5.97 Å². The first-order valence-corrected chi connectivity index (χ1v) is 8.03. The van der Waals surface area contributed by atoms with E-state index in [1.54, 1.807) is 6.33 Å². The topological polar surface area (TPSA) is 105 Å². The van der Waals surface area contributed by atoms with Gasteiger partial charge in [0.1, 0.15) is 24.7 Å². The van der Waals surface area contributed by atoms with E-state index in [4.69, 9.17) is 15.2 Å². The van der Waals surface area contributed by atoms with Crippen molar-refractivity contribution in [3.05, 3.63) is 12.7 Å². The summed E-state index contributed by atoms with van der Waals surface area (Å²) in [7, 11) is 0. The van der Waals surface area contributed by atoms with Gasteiger partial charge in [0.15, 0.2) is 11.5 Å². The zero-order chi connectivity index (χ0) is 17.5. The fraction of sp³-hybridized carbons (Fsp3) is 0.625. The summed E-state index contributed by atoms with van der Waals surface area (Å²) in [6.07, 6.45) is 3.51. The number of rotatable bonds is 3. The van der Waals surface area contributed by atoms with Crippen LogP contribution in [0.3, 0.4) is 0 Å². The Morgan fingerprint density at radius 3 is 2.88 bits per heavy atom. The minimum absolute atomic E-state index is 0.145. The molecule has 1 unspecified atom stereocenters. The van der Waals surface area contributed by atoms with Gasteiger partial charge < -0.3 is 15.2 Å². The van der Waals surface area contributed by atoms with Crippen LogP contribution in [0.1, 0.15) is 40.3 Å². The molecule has 8 nitrogen and oxygen atoms in total. The minimum Gasteiger partial charge on any atom is -0.463 e. The highest BCUT2D eigenvalue weighted by Crippen LogP contribution is 2.36. The van der Waals surface area contributed by atoms with Crippen molar-refractivity contribution in [1.29, 1.82) is 0 Å². The summed E-state index contributed by atoms with van der Waals surface area (Å²) >= 11 is 0. The van der Waals surface area contributed by atoms with Crippen LogP contribution < -0.4 is 5.73 Å². The molecule has 0 radical (unpaired) electrons. The molecule has 2 aromatic heterocycles. The Morgan fingerprint density at radius 2 is 2.17 bits per heavy atom. The molecule has 3 atom stereocenters. The van der Waals surface area contributed by atoms with E-state index in [2.05, 4.69) is 21.9 Å². The lowest BCUT2D eigenvalue weighted by Gasteiger charge is -2.19. The Balaban J connectivity index is 1.72. The van der Waals surface area contributed by atoms with Crippen LogP contribution in [0.2, 0.25) is 0 Å². The first-order chi connectivity index (χ1) is 11.3. The SMILES string of the molecule is C[C@H]1C[C@@H](COC(=O)C(C)(C)C)OC1n1cnc2c(N)ncnc21. The van der Waals surface area contributed by atoms with Gasteiger partial charge in [0.2, 0.25) is 0 Å². The second kappa shape index (κ2) is 6.01. The number of hydrogen-bond acceptors (Lipinski definition) is 7. The maximum absolute atomic E-state index is 11.9. The predicted octanol–water partition coefficient (Wildman–Crippen LogP) is 1.92. The number of ether oxygens (including phenoxy) is 2. The minimum atomic E-state index is -0.515. The summed E-state index contributed by atoms with van der Waals surface area (Å²) in [5.41, 5.74) is 6.52. The van der Waals surface area contributed by atoms with E-state index in [0.29, 0.717) is 17.0 Å². The fourth-order valence-corrected chi connectivity index (χ4v) is 2.81. The van der Waals surface area contributed by atoms with Crippen LogP contribution in [-0.4, -0.2) is 38.2 Å². The maximum Gasteiger partial charge on any atom is 0.311 e. The Bertz CT molecular complexity index is 752. The molecule has 0 bridgehead atoms. The number of nitrogens with two attached hydrogens (primary N) is 1. The standard InChI is InChI=1S/C16H23N5O3/c1-9-5-10(6-23-15(22)16(2,3)4)24-14(9)21-8-20-11-12(17)18-7-19-13(11)21/h7-10,14H,5-6H2,1-4H3,(H2,17,18,19)/t9-,10-,14?/m0/s1. The number of nitrogen functional groups attached to an aromatic ring is 1. The van der Waals surface area contributed by atoms with Crippen LogP contribution in [0.25, 0.3) is 11.2 Å². The Morgan fingerprint density at radius 1 is 1.42 bits per heavy atom. The van der Waals surface area contributed by atoms with E-state index in [9.17, 15) is 4.79 Å². The van der Waals surface area contributed by atoms with Crippen molar-refractivity contribution >= 4 is 23.0 Å². The summed E-state index contributed by atoms with van der Waals surface area (Å²) < 4.78 is 13.3. The molecule has 8 heteroatoms. The number of carbonyl (C=O) groups excluding carboxylic acids is 1. The molecule has 2 N–H and O–H groups in total. The largest absolute Gasteiger partial charge is 0.463 e. The molecule has 0 spiro atoms. The molecule has 3 rings (SSSR count). The van der Waals surface area contributed by atoms with Crippen molar-refractivity contribution in [3.63, 3.8) is 0 Å². The highest BCUT2D eigenvalue weighted by Gasteiger charge is 2.36. The number of esters is 1. The third-order valence-electron chi connectivity index (χ3n) is 4.13. The van der Waals surface area contributed by atoms with E-state index < -0.39 is 5.41 Å². The smallest absolute Gasteiger partial charge is 0.311 e. The highest BCUT2D eigenvalue weighted by atomic mass is 16.6. The second-order valence-electron chi connectivity index (χ2n) is 7.29. The molecule has 3 heterocycles. The van der Waals surface area contributed by atoms with Gasteiger partial charge in [-0.05, 0) is 27.2 Å². The number of fused-ring (bicyclic) bond motifs is 1. The molecule has 1 aliphatic heterocycles. The van der Waals surface area contributed by atoms with Gasteiger partial charge in [-0.25, -0.2) is 15.0 Å². The third kappa shape index (κ3) is 3.06. The van der Waals surface area contributed by atoms with Gasteiger partial charge in [-0.2, -0.15) is 0 Å². The lowest BCUT2D eigenvalue weighted by atomic mass is 9.97. The number of aromatic nitrogens is 4. The molecule has 2 aromatic rings. The number of hydrogen-bond donors (Lipinski definition) is 1. The maximum atomic E-state index is 11.9. The number of anilines is 1. The van der Waals surface area contributed by atoms with Crippen LogP contribution in [0.4, 0.5) is 5.82 Å². The first-order valence-electron chi connectivity index (χ1n) is 8.03. The van der Waals surface area contributed by atoms with Crippen molar-refractivity contribution in [2.45, 2.75) is 46.4 Å². The van der Waals surface area contributed by atoms with Crippen molar-refractivity contribution in [3.8, 4) is 0 Å². The second-order valence-corrected chi connectivity index (χ2v) is 7.29. The van der Waals surface area contributed by atoms with Gasteiger partial charge in [-0.15, -0.1) is 0 Å². The number of imidazole rings is 1. The summed E-state index contributed by atoms with van der Waals surface area (Å²) in [6.45, 7) is 7.83. The van der Waals surface area contributed by atoms with Crippen LogP contribution in [0.5, 0.6) is 0 Å². The van der Waals surface area contributed by atoms with Crippen LogP contribution in [-0.2, 0) is 14.3 Å². The number of nitrogens with zero attached hydrogens (tertiary/aromatic N) is 4. The number of carbonyl (C=O) groups is 1. The van der Waals surface area contributed by atoms with E-state index in [0.717, 1.165) is 6.42 Å². The molecular formula is C16H23N5O3. The van der Waals surface area contributed by atoms with Crippen LogP contribution in [0.15, 0.2) is 12.7 Å². The van der Waals surface area contributed by atoms with E-state index in [1.165, 1.54) is 6.33 Å². The molecule has 0 aromatic carbocycles. The Labute approximate surface area is 140 Å². The predicted molar refractivity (Wildman–Crippen MR) is 87.8 cm³/mol. The monoisotopic (exact) mass is 333 g/mol. The third-order valence-corrected chi connectivity index (χ3v) is 4.13. The van der Waals surface area contributed by atoms with Crippen LogP contribution >= 0.6 is 0 Å². The van der Waals surface area contributed by atoms with Crippen LogP contribution in [0, 0.1) is 11.3 Å². The van der Waals surface area contributed by atoms with E-state index in [-0.39, 0.29) is 30.8 Å². The normalized spacial score (nSPS) is 24.4. The van der Waals surface area contributed by atoms with Crippen molar-refractivity contribution in [1.82, 2.24) is 19.5 Å². The molecule has 24 heavy (non-hydrogen) atoms. The van der Waals surface area contributed by atoms with Gasteiger partial charge in [0.25, 0.3) is 0 Å².